The summed E-state index contributed by atoms with van der Waals surface area (Å²) in [6, 6.07) is 0. The zero-order valence-corrected chi connectivity index (χ0v) is 46.2. The molecule has 20 heteroatoms. The first-order valence-electron chi connectivity index (χ1n) is 27.8. The SMILES string of the molecule is COC(=O)CCCCCNC(=O)[C@H]1O[C@@H](O[C@H]2[C@H](O[C@H]3CC[C@]4(C)[C@H]5C(=O)C=C6[C@@H]7C[C@@](C)(C(=O)O)CC[C@]7(C)CC[C@@]6(C)[C@]5(C)CC[C@H]4C3(C)C)O[C@H](C(=O)NCCCCCC(=O)OC)[C@@H](O)[C@@H]2O)[C@H](O)[C@@H](O)[C@@H]1O. The number of ketones is 1. The number of carboxylic acids is 1. The standard InChI is InChI=1S/C56H88N2O18/c1-51(2)33-18-21-56(7)45(32(59)28-30-31-29-53(4,50(69)70)23-22-52(31,3)24-25-55(30,56)6)54(33,5)20-19-34(51)73-49-44(40(65)39(64)43(75-49)47(68)58-27-15-11-13-17-36(61)72-9)76-48-41(66)37(62)38(63)42(74-48)46(67)57-26-14-10-12-16-35(60)71-8/h28,31,33-34,37-45,48-49,62-66H,10-27,29H2,1-9H3,(H,57,67)(H,58,68)(H,69,70)/t31-,33-,34-,37-,38-,39-,40-,41+,42-,43-,44+,45+,48-,49+,52+,53-,54-,55+,56+/m0/s1. The van der Waals surface area contributed by atoms with Crippen molar-refractivity contribution in [3.63, 3.8) is 0 Å². The summed E-state index contributed by atoms with van der Waals surface area (Å²) in [5.74, 6) is -3.52. The summed E-state index contributed by atoms with van der Waals surface area (Å²) in [5.41, 5.74) is -1.87. The fraction of sp³-hybridized carbons (Fsp3) is 0.857. The average Bonchev–Trinajstić information content (AvgIpc) is 3.37. The Labute approximate surface area is 447 Å². The van der Waals surface area contributed by atoms with Crippen LogP contribution >= 0.6 is 0 Å². The molecule has 430 valence electrons. The van der Waals surface area contributed by atoms with Gasteiger partial charge in [0, 0.05) is 31.8 Å². The van der Waals surface area contributed by atoms with E-state index in [1.165, 1.54) is 14.2 Å². The Morgan fingerprint density at radius 3 is 1.76 bits per heavy atom. The molecule has 5 aliphatic carbocycles. The maximum atomic E-state index is 15.1. The van der Waals surface area contributed by atoms with Gasteiger partial charge < -0.3 is 69.7 Å². The number of rotatable bonds is 19. The summed E-state index contributed by atoms with van der Waals surface area (Å²) < 4.78 is 34.6. The quantitative estimate of drug-likeness (QED) is 0.0519. The fourth-order valence-electron chi connectivity index (χ4n) is 15.4. The topological polar surface area (TPSA) is 303 Å². The number of aliphatic hydroxyl groups is 5. The lowest BCUT2D eigenvalue weighted by molar-refractivity contribution is -0.369. The Hall–Kier alpha value is -3.60. The summed E-state index contributed by atoms with van der Waals surface area (Å²) in [6.07, 6.45) is -7.45. The molecule has 7 rings (SSSR count). The van der Waals surface area contributed by atoms with E-state index < -0.39 is 107 Å². The zero-order chi connectivity index (χ0) is 55.9. The van der Waals surface area contributed by atoms with E-state index in [1.54, 1.807) is 0 Å². The minimum Gasteiger partial charge on any atom is -0.481 e. The Morgan fingerprint density at radius 1 is 0.645 bits per heavy atom. The lowest BCUT2D eigenvalue weighted by Crippen LogP contribution is -2.68. The molecule has 2 aliphatic heterocycles. The van der Waals surface area contributed by atoms with Gasteiger partial charge in [-0.15, -0.1) is 0 Å². The van der Waals surface area contributed by atoms with E-state index >= 15 is 4.79 Å². The van der Waals surface area contributed by atoms with Crippen LogP contribution in [-0.2, 0) is 57.2 Å². The third-order valence-corrected chi connectivity index (χ3v) is 20.4. The predicted octanol–water partition coefficient (Wildman–Crippen LogP) is 3.78. The van der Waals surface area contributed by atoms with Crippen LogP contribution in [0.2, 0.25) is 0 Å². The molecule has 76 heavy (non-hydrogen) atoms. The van der Waals surface area contributed by atoms with Gasteiger partial charge in [-0.3, -0.25) is 28.8 Å². The minimum atomic E-state index is -1.98. The molecule has 4 saturated carbocycles. The molecule has 0 unspecified atom stereocenters. The number of amides is 2. The molecule has 7 aliphatic rings. The van der Waals surface area contributed by atoms with E-state index in [4.69, 9.17) is 23.7 Å². The number of aliphatic hydroxyl groups excluding tert-OH is 5. The molecule has 0 spiro atoms. The molecule has 2 heterocycles. The highest BCUT2D eigenvalue weighted by Crippen LogP contribution is 2.75. The highest BCUT2D eigenvalue weighted by atomic mass is 16.8. The number of esters is 2. The van der Waals surface area contributed by atoms with Crippen molar-refractivity contribution in [2.45, 2.75) is 225 Å². The number of fused-ring (bicyclic) bond motifs is 7. The first-order chi connectivity index (χ1) is 35.6. The summed E-state index contributed by atoms with van der Waals surface area (Å²) >= 11 is 0. The van der Waals surface area contributed by atoms with Gasteiger partial charge in [0.1, 0.15) is 36.6 Å². The van der Waals surface area contributed by atoms with Gasteiger partial charge in [-0.1, -0.05) is 60.0 Å². The number of allylic oxidation sites excluding steroid dienone is 2. The molecule has 19 atom stereocenters. The summed E-state index contributed by atoms with van der Waals surface area (Å²) in [6.45, 7) is 15.3. The molecule has 0 aromatic heterocycles. The number of hydrogen-bond donors (Lipinski definition) is 8. The van der Waals surface area contributed by atoms with E-state index in [2.05, 4.69) is 56.9 Å². The van der Waals surface area contributed by atoms with Gasteiger partial charge in [-0.2, -0.15) is 0 Å². The summed E-state index contributed by atoms with van der Waals surface area (Å²) in [5, 5.41) is 72.5. The van der Waals surface area contributed by atoms with Crippen molar-refractivity contribution in [2.75, 3.05) is 27.3 Å². The van der Waals surface area contributed by atoms with E-state index in [0.29, 0.717) is 64.2 Å². The van der Waals surface area contributed by atoms with Gasteiger partial charge in [0.2, 0.25) is 0 Å². The molecule has 20 nitrogen and oxygen atoms in total. The van der Waals surface area contributed by atoms with Gasteiger partial charge in [-0.05, 0) is 135 Å². The summed E-state index contributed by atoms with van der Waals surface area (Å²) in [4.78, 5) is 78.1. The molecular weight excluding hydrogens is 989 g/mol. The van der Waals surface area contributed by atoms with Crippen LogP contribution in [-0.4, -0.2) is 161 Å². The third kappa shape index (κ3) is 11.1. The number of methoxy groups -OCH3 is 2. The van der Waals surface area contributed by atoms with Gasteiger partial charge >= 0.3 is 17.9 Å². The number of carbonyl (C=O) groups excluding carboxylic acids is 5. The summed E-state index contributed by atoms with van der Waals surface area (Å²) in [7, 11) is 2.60. The van der Waals surface area contributed by atoms with Crippen LogP contribution < -0.4 is 10.6 Å². The van der Waals surface area contributed by atoms with Crippen LogP contribution in [0, 0.1) is 50.2 Å². The highest BCUT2D eigenvalue weighted by molar-refractivity contribution is 5.96. The number of ether oxygens (including phenoxy) is 6. The van der Waals surface area contributed by atoms with Crippen molar-refractivity contribution >= 4 is 35.5 Å². The van der Waals surface area contributed by atoms with E-state index in [0.717, 1.165) is 37.7 Å². The largest absolute Gasteiger partial charge is 0.481 e. The minimum absolute atomic E-state index is 0.0322. The monoisotopic (exact) mass is 1080 g/mol. The Kier molecular flexibility index (Phi) is 18.4. The number of unbranched alkanes of at least 4 members (excludes halogenated alkanes) is 4. The molecule has 0 radical (unpaired) electrons. The van der Waals surface area contributed by atoms with Crippen LogP contribution in [0.25, 0.3) is 0 Å². The maximum absolute atomic E-state index is 15.1. The lowest BCUT2D eigenvalue weighted by Gasteiger charge is -2.70. The van der Waals surface area contributed by atoms with Gasteiger partial charge in [-0.25, -0.2) is 0 Å². The number of carboxylic acid groups (broad SMARTS) is 1. The first-order valence-corrected chi connectivity index (χ1v) is 27.8. The van der Waals surface area contributed by atoms with Gasteiger partial charge in [0.25, 0.3) is 11.8 Å². The van der Waals surface area contributed by atoms with Crippen molar-refractivity contribution in [3.8, 4) is 0 Å². The van der Waals surface area contributed by atoms with Crippen LogP contribution in [0.5, 0.6) is 0 Å². The highest BCUT2D eigenvalue weighted by Gasteiger charge is 2.71. The Bertz CT molecular complexity index is 2190. The second kappa shape index (κ2) is 23.2. The fourth-order valence-corrected chi connectivity index (χ4v) is 15.4. The molecule has 0 aromatic rings. The van der Waals surface area contributed by atoms with Crippen molar-refractivity contribution in [1.82, 2.24) is 10.6 Å². The molecular formula is C56H88N2O18. The van der Waals surface area contributed by atoms with Gasteiger partial charge in [0.05, 0.1) is 25.7 Å². The second-order valence-corrected chi connectivity index (χ2v) is 25.3. The molecule has 0 bridgehead atoms. The zero-order valence-electron chi connectivity index (χ0n) is 46.2. The molecule has 6 fully saturated rings. The normalized spacial score (nSPS) is 42.7. The number of hydrogen-bond acceptors (Lipinski definition) is 17. The van der Waals surface area contributed by atoms with Crippen LogP contribution in [0.4, 0.5) is 0 Å². The van der Waals surface area contributed by atoms with E-state index in [-0.39, 0.29) is 72.2 Å². The van der Waals surface area contributed by atoms with Crippen molar-refractivity contribution in [3.05, 3.63) is 11.6 Å². The maximum Gasteiger partial charge on any atom is 0.309 e. The van der Waals surface area contributed by atoms with Crippen LogP contribution in [0.15, 0.2) is 11.6 Å². The number of carbonyl (C=O) groups is 6. The van der Waals surface area contributed by atoms with E-state index in [9.17, 15) is 54.6 Å². The number of nitrogens with one attached hydrogen (secondary N) is 2. The van der Waals surface area contributed by atoms with Crippen molar-refractivity contribution in [2.24, 2.45) is 50.2 Å². The third-order valence-electron chi connectivity index (χ3n) is 20.4. The lowest BCUT2D eigenvalue weighted by atomic mass is 9.33. The van der Waals surface area contributed by atoms with Crippen molar-refractivity contribution in [1.29, 1.82) is 0 Å². The predicted molar refractivity (Wildman–Crippen MR) is 271 cm³/mol. The Morgan fingerprint density at radius 2 is 1.20 bits per heavy atom. The van der Waals surface area contributed by atoms with Crippen LogP contribution in [0.3, 0.4) is 0 Å². The Balaban J connectivity index is 1.12. The number of aliphatic carboxylic acids is 1. The first kappa shape index (κ1) is 60.0. The van der Waals surface area contributed by atoms with Crippen LogP contribution in [0.1, 0.15) is 158 Å². The van der Waals surface area contributed by atoms with Crippen molar-refractivity contribution < 1.29 is 87.8 Å². The average molecular weight is 1080 g/mol. The van der Waals surface area contributed by atoms with Gasteiger partial charge in [0.15, 0.2) is 30.6 Å². The smallest absolute Gasteiger partial charge is 0.309 e. The molecule has 8 N–H and O–H groups in total. The second-order valence-electron chi connectivity index (χ2n) is 25.3. The molecule has 0 aromatic carbocycles. The van der Waals surface area contributed by atoms with E-state index in [1.807, 2.05) is 13.0 Å². The molecule has 2 saturated heterocycles. The molecule has 2 amide bonds.